The summed E-state index contributed by atoms with van der Waals surface area (Å²) in [7, 11) is 1.62. The van der Waals surface area contributed by atoms with Crippen LogP contribution in [0.5, 0.6) is 0 Å². The van der Waals surface area contributed by atoms with Crippen molar-refractivity contribution in [3.8, 4) is 0 Å². The van der Waals surface area contributed by atoms with Crippen LogP contribution in [-0.2, 0) is 0 Å². The van der Waals surface area contributed by atoms with Gasteiger partial charge in [-0.25, -0.2) is 9.97 Å². The van der Waals surface area contributed by atoms with Crippen molar-refractivity contribution in [2.45, 2.75) is 13.8 Å². The molecule has 0 fully saturated rings. The number of nitro groups is 1. The van der Waals surface area contributed by atoms with Crippen LogP contribution >= 0.6 is 0 Å². The molecule has 0 aliphatic heterocycles. The number of hydrogen-bond acceptors (Lipinski definition) is 5. The number of fused-ring (bicyclic) bond motifs is 1. The quantitative estimate of drug-likeness (QED) is 0.540. The minimum atomic E-state index is -0.474. The number of nitro benzene ring substituents is 1. The Hall–Kier alpha value is -3.35. The van der Waals surface area contributed by atoms with Gasteiger partial charge in [0, 0.05) is 30.4 Å². The second kappa shape index (κ2) is 6.27. The van der Waals surface area contributed by atoms with Crippen molar-refractivity contribution < 1.29 is 9.72 Å². The molecule has 1 aromatic heterocycles. The third-order valence-corrected chi connectivity index (χ3v) is 4.07. The van der Waals surface area contributed by atoms with Crippen molar-refractivity contribution in [2.75, 3.05) is 11.9 Å². The Morgan fingerprint density at radius 1 is 1.00 bits per heavy atom. The van der Waals surface area contributed by atoms with Crippen LogP contribution in [0.15, 0.2) is 42.5 Å². The standard InChI is InChI=1S/C18H16N4O3/c1-11-12(2)20-17-10-13(4-9-16(17)19-11)18(23)21(3)14-5-7-15(8-6-14)22(24)25/h4-10H,1-3H3. The molecule has 2 aromatic carbocycles. The van der Waals surface area contributed by atoms with Gasteiger partial charge in [-0.2, -0.15) is 0 Å². The third kappa shape index (κ3) is 3.16. The van der Waals surface area contributed by atoms with E-state index in [1.807, 2.05) is 13.8 Å². The Balaban J connectivity index is 1.92. The van der Waals surface area contributed by atoms with Gasteiger partial charge in [0.2, 0.25) is 0 Å². The maximum Gasteiger partial charge on any atom is 0.269 e. The Kier molecular flexibility index (Phi) is 4.14. The van der Waals surface area contributed by atoms with E-state index in [9.17, 15) is 14.9 Å². The molecule has 126 valence electrons. The van der Waals surface area contributed by atoms with E-state index in [0.29, 0.717) is 16.8 Å². The van der Waals surface area contributed by atoms with Gasteiger partial charge >= 0.3 is 0 Å². The second-order valence-electron chi connectivity index (χ2n) is 5.74. The van der Waals surface area contributed by atoms with E-state index in [4.69, 9.17) is 0 Å². The zero-order valence-corrected chi connectivity index (χ0v) is 14.1. The van der Waals surface area contributed by atoms with Crippen molar-refractivity contribution in [2.24, 2.45) is 0 Å². The second-order valence-corrected chi connectivity index (χ2v) is 5.74. The first-order valence-corrected chi connectivity index (χ1v) is 7.64. The number of carbonyl (C=O) groups excluding carboxylic acids is 1. The van der Waals surface area contributed by atoms with Gasteiger partial charge in [-0.15, -0.1) is 0 Å². The van der Waals surface area contributed by atoms with E-state index in [2.05, 4.69) is 9.97 Å². The van der Waals surface area contributed by atoms with Gasteiger partial charge in [0.15, 0.2) is 0 Å². The average molecular weight is 336 g/mol. The highest BCUT2D eigenvalue weighted by atomic mass is 16.6. The molecule has 0 saturated heterocycles. The van der Waals surface area contributed by atoms with Gasteiger partial charge in [0.1, 0.15) is 0 Å². The molecule has 0 saturated carbocycles. The topological polar surface area (TPSA) is 89.2 Å². The first-order valence-electron chi connectivity index (χ1n) is 7.64. The smallest absolute Gasteiger partial charge is 0.269 e. The van der Waals surface area contributed by atoms with E-state index >= 15 is 0 Å². The maximum absolute atomic E-state index is 12.7. The summed E-state index contributed by atoms with van der Waals surface area (Å²) in [4.78, 5) is 33.3. The van der Waals surface area contributed by atoms with Crippen LogP contribution in [0.2, 0.25) is 0 Å². The highest BCUT2D eigenvalue weighted by molar-refractivity contribution is 6.07. The molecule has 0 unspecified atom stereocenters. The normalized spacial score (nSPS) is 10.7. The fourth-order valence-electron chi connectivity index (χ4n) is 2.47. The average Bonchev–Trinajstić information content (AvgIpc) is 2.61. The zero-order chi connectivity index (χ0) is 18.1. The number of hydrogen-bond donors (Lipinski definition) is 0. The molecule has 0 atom stereocenters. The summed E-state index contributed by atoms with van der Waals surface area (Å²) in [5.74, 6) is -0.226. The summed E-state index contributed by atoms with van der Waals surface area (Å²) < 4.78 is 0. The third-order valence-electron chi connectivity index (χ3n) is 4.07. The first-order chi connectivity index (χ1) is 11.9. The Morgan fingerprint density at radius 2 is 1.60 bits per heavy atom. The molecular weight excluding hydrogens is 320 g/mol. The Labute approximate surface area is 144 Å². The molecule has 3 rings (SSSR count). The molecule has 25 heavy (non-hydrogen) atoms. The lowest BCUT2D eigenvalue weighted by Crippen LogP contribution is -2.26. The van der Waals surface area contributed by atoms with Crippen LogP contribution in [0.3, 0.4) is 0 Å². The summed E-state index contributed by atoms with van der Waals surface area (Å²) in [6.07, 6.45) is 0. The predicted molar refractivity (Wildman–Crippen MR) is 94.8 cm³/mol. The fraction of sp³-hybridized carbons (Fsp3) is 0.167. The van der Waals surface area contributed by atoms with Crippen molar-refractivity contribution in [3.05, 3.63) is 69.5 Å². The SMILES string of the molecule is Cc1nc2ccc(C(=O)N(C)c3ccc([N+](=O)[O-])cc3)cc2nc1C. The van der Waals surface area contributed by atoms with Crippen LogP contribution in [0.25, 0.3) is 11.0 Å². The van der Waals surface area contributed by atoms with Crippen LogP contribution in [0, 0.1) is 24.0 Å². The molecule has 3 aromatic rings. The molecule has 1 heterocycles. The van der Waals surface area contributed by atoms with Crippen LogP contribution in [-0.4, -0.2) is 27.8 Å². The minimum absolute atomic E-state index is 0.0172. The van der Waals surface area contributed by atoms with E-state index in [-0.39, 0.29) is 11.6 Å². The number of amides is 1. The van der Waals surface area contributed by atoms with Crippen molar-refractivity contribution in [1.82, 2.24) is 9.97 Å². The molecule has 1 amide bonds. The van der Waals surface area contributed by atoms with E-state index in [1.54, 1.807) is 37.4 Å². The molecule has 0 aliphatic rings. The molecule has 7 heteroatoms. The molecule has 0 radical (unpaired) electrons. The number of aromatic nitrogens is 2. The summed E-state index contributed by atoms with van der Waals surface area (Å²) in [6, 6.07) is 11.0. The van der Waals surface area contributed by atoms with E-state index in [1.165, 1.54) is 17.0 Å². The largest absolute Gasteiger partial charge is 0.311 e. The molecule has 0 aliphatic carbocycles. The first kappa shape index (κ1) is 16.5. The molecule has 0 N–H and O–H groups in total. The summed E-state index contributed by atoms with van der Waals surface area (Å²) in [5, 5.41) is 10.7. The number of nitrogens with zero attached hydrogens (tertiary/aromatic N) is 4. The van der Waals surface area contributed by atoms with E-state index < -0.39 is 4.92 Å². The van der Waals surface area contributed by atoms with Gasteiger partial charge in [0.05, 0.1) is 27.3 Å². The van der Waals surface area contributed by atoms with Gasteiger partial charge in [-0.05, 0) is 44.2 Å². The van der Waals surface area contributed by atoms with Gasteiger partial charge in [-0.1, -0.05) is 0 Å². The number of carbonyl (C=O) groups is 1. The zero-order valence-electron chi connectivity index (χ0n) is 14.1. The van der Waals surface area contributed by atoms with Gasteiger partial charge in [-0.3, -0.25) is 14.9 Å². The van der Waals surface area contributed by atoms with Crippen molar-refractivity contribution in [1.29, 1.82) is 0 Å². The predicted octanol–water partition coefficient (Wildman–Crippen LogP) is 3.43. The van der Waals surface area contributed by atoms with Crippen LogP contribution < -0.4 is 4.90 Å². The monoisotopic (exact) mass is 336 g/mol. The van der Waals surface area contributed by atoms with Crippen molar-refractivity contribution >= 4 is 28.3 Å². The van der Waals surface area contributed by atoms with Crippen LogP contribution in [0.1, 0.15) is 21.7 Å². The summed E-state index contributed by atoms with van der Waals surface area (Å²) in [6.45, 7) is 3.77. The lowest BCUT2D eigenvalue weighted by atomic mass is 10.1. The van der Waals surface area contributed by atoms with Crippen LogP contribution in [0.4, 0.5) is 11.4 Å². The fourth-order valence-corrected chi connectivity index (χ4v) is 2.47. The molecular formula is C18H16N4O3. The number of aryl methyl sites for hydroxylation is 2. The lowest BCUT2D eigenvalue weighted by molar-refractivity contribution is -0.384. The molecule has 7 nitrogen and oxygen atoms in total. The van der Waals surface area contributed by atoms with E-state index in [0.717, 1.165) is 16.9 Å². The Bertz CT molecular complexity index is 984. The van der Waals surface area contributed by atoms with Crippen molar-refractivity contribution in [3.63, 3.8) is 0 Å². The number of benzene rings is 2. The summed E-state index contributed by atoms with van der Waals surface area (Å²) >= 11 is 0. The molecule has 0 bridgehead atoms. The lowest BCUT2D eigenvalue weighted by Gasteiger charge is -2.17. The maximum atomic E-state index is 12.7. The summed E-state index contributed by atoms with van der Waals surface area (Å²) in [5.41, 5.74) is 4.10. The number of non-ortho nitro benzene ring substituents is 1. The number of rotatable bonds is 3. The minimum Gasteiger partial charge on any atom is -0.311 e. The Morgan fingerprint density at radius 3 is 2.20 bits per heavy atom. The van der Waals surface area contributed by atoms with Gasteiger partial charge < -0.3 is 4.90 Å². The highest BCUT2D eigenvalue weighted by Crippen LogP contribution is 2.21. The highest BCUT2D eigenvalue weighted by Gasteiger charge is 2.16. The van der Waals surface area contributed by atoms with Gasteiger partial charge in [0.25, 0.3) is 11.6 Å². The molecule has 0 spiro atoms. The number of anilines is 1.